The van der Waals surface area contributed by atoms with E-state index in [0.717, 1.165) is 29.0 Å². The first-order chi connectivity index (χ1) is 17.7. The number of benzene rings is 1. The summed E-state index contributed by atoms with van der Waals surface area (Å²) in [6.45, 7) is 0.905. The number of hydrogen-bond acceptors (Lipinski definition) is 7. The second-order valence-corrected chi connectivity index (χ2v) is 9.32. The highest BCUT2D eigenvalue weighted by Gasteiger charge is 2.56. The monoisotopic (exact) mass is 528 g/mol. The molecule has 2 fully saturated rings. The lowest BCUT2D eigenvalue weighted by Gasteiger charge is -2.23. The molecule has 1 saturated carbocycles. The SMILES string of the molecule is O=C(O)c1cn(-c2ccc(F)cc2F)c2nc(N3C[C@@H]4C(Nc5cncc(Cl)n5)[C@@H]4C3)c(F)cc2c1=O. The average Bonchev–Trinajstić information content (AvgIpc) is 3.27. The third kappa shape index (κ3) is 3.93. The summed E-state index contributed by atoms with van der Waals surface area (Å²) in [7, 11) is 0. The Morgan fingerprint density at radius 2 is 1.84 bits per heavy atom. The highest BCUT2D eigenvalue weighted by Crippen LogP contribution is 2.48. The largest absolute Gasteiger partial charge is 0.477 e. The standard InChI is InChI=1S/C24H16ClF3N6O3/c25-18-5-29-6-19(30-18)31-20-12-7-33(8-13(12)20)23-16(28)4-11-21(35)14(24(36)37)9-34(22(11)32-23)17-2-1-10(26)3-15(17)27/h1-6,9,12-13,20H,7-8H2,(H,30,31)(H,36,37)/t12-,13+,20?. The Hall–Kier alpha value is -4.19. The average molecular weight is 529 g/mol. The van der Waals surface area contributed by atoms with Crippen LogP contribution in [-0.4, -0.2) is 49.7 Å². The molecule has 13 heteroatoms. The number of carbonyl (C=O) groups is 1. The predicted molar refractivity (Wildman–Crippen MR) is 128 cm³/mol. The molecule has 1 aromatic carbocycles. The molecule has 0 spiro atoms. The molecule has 188 valence electrons. The number of hydrogen-bond donors (Lipinski definition) is 2. The van der Waals surface area contributed by atoms with Gasteiger partial charge in [-0.25, -0.2) is 27.9 Å². The molecule has 4 heterocycles. The van der Waals surface area contributed by atoms with E-state index in [1.807, 2.05) is 0 Å². The van der Waals surface area contributed by atoms with E-state index in [-0.39, 0.29) is 45.6 Å². The van der Waals surface area contributed by atoms with Crippen molar-refractivity contribution in [2.24, 2.45) is 11.8 Å². The second kappa shape index (κ2) is 8.44. The molecule has 1 saturated heterocycles. The Kier molecular flexibility index (Phi) is 5.30. The van der Waals surface area contributed by atoms with Crippen molar-refractivity contribution in [1.82, 2.24) is 19.5 Å². The predicted octanol–water partition coefficient (Wildman–Crippen LogP) is 3.49. The Morgan fingerprint density at radius 3 is 2.51 bits per heavy atom. The summed E-state index contributed by atoms with van der Waals surface area (Å²) in [5.74, 6) is -3.41. The first-order valence-electron chi connectivity index (χ1n) is 11.1. The van der Waals surface area contributed by atoms with E-state index in [9.17, 15) is 23.5 Å². The molecule has 37 heavy (non-hydrogen) atoms. The second-order valence-electron chi connectivity index (χ2n) is 8.94. The van der Waals surface area contributed by atoms with Crippen LogP contribution in [0.4, 0.5) is 24.8 Å². The zero-order valence-electron chi connectivity index (χ0n) is 18.7. The highest BCUT2D eigenvalue weighted by molar-refractivity contribution is 6.29. The number of aromatic carboxylic acids is 1. The summed E-state index contributed by atoms with van der Waals surface area (Å²) < 4.78 is 44.4. The lowest BCUT2D eigenvalue weighted by atomic mass is 10.1. The van der Waals surface area contributed by atoms with E-state index in [0.29, 0.717) is 25.0 Å². The Bertz CT molecular complexity index is 1650. The van der Waals surface area contributed by atoms with Crippen LogP contribution in [0.1, 0.15) is 10.4 Å². The lowest BCUT2D eigenvalue weighted by Crippen LogP contribution is -2.30. The number of carboxylic acid groups (broad SMARTS) is 1. The molecule has 1 unspecified atom stereocenters. The molecule has 0 amide bonds. The van der Waals surface area contributed by atoms with Gasteiger partial charge in [0.05, 0.1) is 23.5 Å². The van der Waals surface area contributed by atoms with Gasteiger partial charge in [-0.05, 0) is 18.2 Å². The lowest BCUT2D eigenvalue weighted by molar-refractivity contribution is 0.0695. The number of rotatable bonds is 5. The number of anilines is 2. The van der Waals surface area contributed by atoms with Gasteiger partial charge >= 0.3 is 5.97 Å². The van der Waals surface area contributed by atoms with Crippen LogP contribution in [0, 0.1) is 29.3 Å². The number of piperidine rings is 1. The molecule has 6 rings (SSSR count). The summed E-state index contributed by atoms with van der Waals surface area (Å²) in [5.41, 5.74) is -2.06. The summed E-state index contributed by atoms with van der Waals surface area (Å²) in [4.78, 5) is 38.6. The van der Waals surface area contributed by atoms with E-state index in [2.05, 4.69) is 20.3 Å². The van der Waals surface area contributed by atoms with Crippen LogP contribution in [0.2, 0.25) is 5.15 Å². The topological polar surface area (TPSA) is 113 Å². The van der Waals surface area contributed by atoms with Crippen LogP contribution in [0.15, 0.2) is 47.7 Å². The first kappa shape index (κ1) is 23.2. The molecule has 3 atom stereocenters. The molecular formula is C24H16ClF3N6O3. The summed E-state index contributed by atoms with van der Waals surface area (Å²) in [6, 6.07) is 3.70. The Morgan fingerprint density at radius 1 is 1.08 bits per heavy atom. The van der Waals surface area contributed by atoms with Crippen molar-refractivity contribution in [3.05, 3.63) is 81.2 Å². The third-order valence-electron chi connectivity index (χ3n) is 6.73. The van der Waals surface area contributed by atoms with Crippen molar-refractivity contribution in [1.29, 1.82) is 0 Å². The molecule has 0 bridgehead atoms. The van der Waals surface area contributed by atoms with Gasteiger partial charge < -0.3 is 15.3 Å². The van der Waals surface area contributed by atoms with Gasteiger partial charge in [0.1, 0.15) is 28.2 Å². The minimum absolute atomic E-state index is 0.0558. The van der Waals surface area contributed by atoms with Gasteiger partial charge in [0, 0.05) is 43.2 Å². The van der Waals surface area contributed by atoms with E-state index >= 15 is 4.39 Å². The fourth-order valence-corrected chi connectivity index (χ4v) is 5.09. The number of halogens is 4. The number of fused-ring (bicyclic) bond motifs is 2. The van der Waals surface area contributed by atoms with Crippen LogP contribution < -0.4 is 15.6 Å². The van der Waals surface area contributed by atoms with Crippen LogP contribution in [0.5, 0.6) is 0 Å². The number of aromatic nitrogens is 4. The molecule has 2 aliphatic rings. The van der Waals surface area contributed by atoms with Gasteiger partial charge in [0.15, 0.2) is 17.3 Å². The van der Waals surface area contributed by atoms with Gasteiger partial charge in [0.25, 0.3) is 0 Å². The zero-order chi connectivity index (χ0) is 26.0. The van der Waals surface area contributed by atoms with Crippen molar-refractivity contribution >= 4 is 40.2 Å². The van der Waals surface area contributed by atoms with Gasteiger partial charge in [-0.1, -0.05) is 11.6 Å². The van der Waals surface area contributed by atoms with Crippen LogP contribution in [0.3, 0.4) is 0 Å². The number of nitrogens with one attached hydrogen (secondary N) is 1. The normalized spacial score (nSPS) is 20.2. The van der Waals surface area contributed by atoms with Crippen molar-refractivity contribution < 1.29 is 23.1 Å². The maximum absolute atomic E-state index is 15.2. The number of pyridine rings is 2. The molecule has 1 aliphatic carbocycles. The minimum atomic E-state index is -1.57. The van der Waals surface area contributed by atoms with E-state index in [4.69, 9.17) is 11.6 Å². The first-order valence-corrected chi connectivity index (χ1v) is 11.5. The van der Waals surface area contributed by atoms with Crippen molar-refractivity contribution in [2.75, 3.05) is 23.3 Å². The Balaban J connectivity index is 1.37. The van der Waals surface area contributed by atoms with Gasteiger partial charge in [-0.15, -0.1) is 0 Å². The van der Waals surface area contributed by atoms with Crippen LogP contribution in [0.25, 0.3) is 16.7 Å². The molecular weight excluding hydrogens is 513 g/mol. The summed E-state index contributed by atoms with van der Waals surface area (Å²) in [5, 5.41) is 12.7. The molecule has 9 nitrogen and oxygen atoms in total. The van der Waals surface area contributed by atoms with Crippen molar-refractivity contribution in [3.8, 4) is 5.69 Å². The van der Waals surface area contributed by atoms with Crippen LogP contribution >= 0.6 is 11.6 Å². The van der Waals surface area contributed by atoms with E-state index in [1.165, 1.54) is 6.20 Å². The smallest absolute Gasteiger partial charge is 0.341 e. The summed E-state index contributed by atoms with van der Waals surface area (Å²) >= 11 is 5.88. The Labute approximate surface area is 211 Å². The minimum Gasteiger partial charge on any atom is -0.477 e. The molecule has 0 radical (unpaired) electrons. The number of nitrogens with zero attached hydrogens (tertiary/aromatic N) is 5. The van der Waals surface area contributed by atoms with Gasteiger partial charge in [-0.3, -0.25) is 14.3 Å². The molecule has 1 aliphatic heterocycles. The highest BCUT2D eigenvalue weighted by atomic mass is 35.5. The van der Waals surface area contributed by atoms with Crippen LogP contribution in [-0.2, 0) is 0 Å². The fourth-order valence-electron chi connectivity index (χ4n) is 4.94. The van der Waals surface area contributed by atoms with Gasteiger partial charge in [-0.2, -0.15) is 0 Å². The molecule has 3 aromatic heterocycles. The number of carboxylic acids is 1. The quantitative estimate of drug-likeness (QED) is 0.405. The fraction of sp³-hybridized carbons (Fsp3) is 0.208. The maximum atomic E-state index is 15.2. The molecule has 4 aromatic rings. The molecule has 2 N–H and O–H groups in total. The van der Waals surface area contributed by atoms with Gasteiger partial charge in [0.2, 0.25) is 5.43 Å². The zero-order valence-corrected chi connectivity index (χ0v) is 19.5. The third-order valence-corrected chi connectivity index (χ3v) is 6.91. The van der Waals surface area contributed by atoms with Crippen molar-refractivity contribution in [3.63, 3.8) is 0 Å². The maximum Gasteiger partial charge on any atom is 0.341 e. The van der Waals surface area contributed by atoms with E-state index in [1.54, 1.807) is 11.1 Å². The van der Waals surface area contributed by atoms with Crippen molar-refractivity contribution in [2.45, 2.75) is 6.04 Å². The summed E-state index contributed by atoms with van der Waals surface area (Å²) in [6.07, 6.45) is 3.89. The van der Waals surface area contributed by atoms with E-state index < -0.39 is 34.4 Å².